The van der Waals surface area contributed by atoms with E-state index in [4.69, 9.17) is 16.3 Å². The van der Waals surface area contributed by atoms with Crippen molar-refractivity contribution < 1.29 is 19.4 Å². The molecule has 0 saturated carbocycles. The highest BCUT2D eigenvalue weighted by Crippen LogP contribution is 2.46. The molecule has 0 unspecified atom stereocenters. The Morgan fingerprint density at radius 1 is 1.12 bits per heavy atom. The molecule has 2 aromatic carbocycles. The molecule has 1 atom stereocenters. The molecule has 1 saturated heterocycles. The standard InChI is InChI=1S/C25H31ClN2O4/c1-23(2)17-28(15-14-25(23,31)18-10-12-19(26)13-11-18)21(29)16-24(3,4)27-22(30)32-20-8-6-5-7-9-20/h5-13,31H,14-17H2,1-4H3,(H,27,30)/t25-/m0/s1. The SMILES string of the molecule is CC(C)(CC(=O)N1CC[C@](O)(c2ccc(Cl)cc2)C(C)(C)C1)NC(=O)Oc1ccccc1. The number of likely N-dealkylation sites (tertiary alicyclic amines) is 1. The topological polar surface area (TPSA) is 78.9 Å². The maximum atomic E-state index is 13.1. The summed E-state index contributed by atoms with van der Waals surface area (Å²) in [5, 5.41) is 14.9. The van der Waals surface area contributed by atoms with E-state index >= 15 is 0 Å². The summed E-state index contributed by atoms with van der Waals surface area (Å²) >= 11 is 6.00. The number of hydrogen-bond donors (Lipinski definition) is 2. The molecule has 2 N–H and O–H groups in total. The lowest BCUT2D eigenvalue weighted by Crippen LogP contribution is -2.58. The maximum Gasteiger partial charge on any atom is 0.413 e. The van der Waals surface area contributed by atoms with Gasteiger partial charge in [0.1, 0.15) is 5.75 Å². The predicted molar refractivity (Wildman–Crippen MR) is 125 cm³/mol. The van der Waals surface area contributed by atoms with Crippen LogP contribution in [0.5, 0.6) is 5.75 Å². The Hall–Kier alpha value is -2.57. The Morgan fingerprint density at radius 2 is 1.75 bits per heavy atom. The van der Waals surface area contributed by atoms with Crippen LogP contribution in [0.1, 0.15) is 46.1 Å². The minimum Gasteiger partial charge on any atom is -0.410 e. The van der Waals surface area contributed by atoms with E-state index in [1.807, 2.05) is 32.0 Å². The van der Waals surface area contributed by atoms with Crippen LogP contribution in [0.2, 0.25) is 5.02 Å². The van der Waals surface area contributed by atoms with Gasteiger partial charge in [-0.25, -0.2) is 4.79 Å². The van der Waals surface area contributed by atoms with Crippen LogP contribution in [0.4, 0.5) is 4.79 Å². The van der Waals surface area contributed by atoms with E-state index < -0.39 is 22.6 Å². The fraction of sp³-hybridized carbons (Fsp3) is 0.440. The minimum atomic E-state index is -1.07. The Kier molecular flexibility index (Phi) is 6.86. The molecule has 32 heavy (non-hydrogen) atoms. The quantitative estimate of drug-likeness (QED) is 0.678. The molecule has 1 fully saturated rings. The third kappa shape index (κ3) is 5.43. The van der Waals surface area contributed by atoms with Gasteiger partial charge in [0.2, 0.25) is 5.91 Å². The number of carbonyl (C=O) groups excluding carboxylic acids is 2. The van der Waals surface area contributed by atoms with Crippen LogP contribution in [0.3, 0.4) is 0 Å². The number of hydrogen-bond acceptors (Lipinski definition) is 4. The zero-order valence-electron chi connectivity index (χ0n) is 19.0. The highest BCUT2D eigenvalue weighted by molar-refractivity contribution is 6.30. The number of nitrogens with zero attached hydrogens (tertiary/aromatic N) is 1. The number of rotatable bonds is 5. The molecule has 0 aliphatic carbocycles. The summed E-state index contributed by atoms with van der Waals surface area (Å²) in [6.07, 6.45) is -0.0750. The summed E-state index contributed by atoms with van der Waals surface area (Å²) in [5.74, 6) is 0.354. The summed E-state index contributed by atoms with van der Waals surface area (Å²) in [7, 11) is 0. The highest BCUT2D eigenvalue weighted by atomic mass is 35.5. The third-order valence-corrected chi connectivity index (χ3v) is 6.36. The first-order valence-corrected chi connectivity index (χ1v) is 11.1. The first-order chi connectivity index (χ1) is 14.9. The second-order valence-electron chi connectivity index (χ2n) is 9.70. The smallest absolute Gasteiger partial charge is 0.410 e. The van der Waals surface area contributed by atoms with E-state index in [2.05, 4.69) is 5.32 Å². The number of halogens is 1. The van der Waals surface area contributed by atoms with Gasteiger partial charge in [0.05, 0.1) is 5.60 Å². The molecule has 1 aliphatic rings. The van der Waals surface area contributed by atoms with Crippen molar-refractivity contribution in [3.05, 3.63) is 65.2 Å². The van der Waals surface area contributed by atoms with Crippen LogP contribution >= 0.6 is 11.6 Å². The highest BCUT2D eigenvalue weighted by Gasteiger charge is 2.49. The number of nitrogens with one attached hydrogen (secondary N) is 1. The predicted octanol–water partition coefficient (Wildman–Crippen LogP) is 4.74. The summed E-state index contributed by atoms with van der Waals surface area (Å²) in [4.78, 5) is 27.1. The van der Waals surface area contributed by atoms with Crippen molar-refractivity contribution >= 4 is 23.6 Å². The second-order valence-corrected chi connectivity index (χ2v) is 10.1. The lowest BCUT2D eigenvalue weighted by Gasteiger charge is -2.51. The van der Waals surface area contributed by atoms with Crippen molar-refractivity contribution in [2.75, 3.05) is 13.1 Å². The molecule has 6 nitrogen and oxygen atoms in total. The molecule has 3 rings (SSSR count). The van der Waals surface area contributed by atoms with Crippen molar-refractivity contribution in [3.8, 4) is 5.75 Å². The van der Waals surface area contributed by atoms with Gasteiger partial charge in [-0.1, -0.05) is 55.8 Å². The summed E-state index contributed by atoms with van der Waals surface area (Å²) in [5.41, 5.74) is -1.64. The van der Waals surface area contributed by atoms with Crippen molar-refractivity contribution in [3.63, 3.8) is 0 Å². The molecule has 7 heteroatoms. The summed E-state index contributed by atoms with van der Waals surface area (Å²) in [6, 6.07) is 16.0. The zero-order valence-corrected chi connectivity index (χ0v) is 19.8. The maximum absolute atomic E-state index is 13.1. The first kappa shape index (κ1) is 24.1. The van der Waals surface area contributed by atoms with Gasteiger partial charge < -0.3 is 20.1 Å². The lowest BCUT2D eigenvalue weighted by molar-refractivity contribution is -0.154. The first-order valence-electron chi connectivity index (χ1n) is 10.7. The zero-order chi connectivity index (χ0) is 23.6. The molecule has 2 amide bonds. The Morgan fingerprint density at radius 3 is 2.34 bits per heavy atom. The molecule has 0 radical (unpaired) electrons. The Balaban J connectivity index is 1.62. The molecule has 0 spiro atoms. The van der Waals surface area contributed by atoms with Gasteiger partial charge in [-0.05, 0) is 50.1 Å². The average Bonchev–Trinajstić information content (AvgIpc) is 2.70. The largest absolute Gasteiger partial charge is 0.413 e. The van der Waals surface area contributed by atoms with E-state index in [-0.39, 0.29) is 12.3 Å². The normalized spacial score (nSPS) is 20.5. The summed E-state index contributed by atoms with van der Waals surface area (Å²) < 4.78 is 5.28. The Labute approximate surface area is 194 Å². The van der Waals surface area contributed by atoms with E-state index in [1.165, 1.54) is 0 Å². The van der Waals surface area contributed by atoms with Crippen LogP contribution in [0.25, 0.3) is 0 Å². The monoisotopic (exact) mass is 458 g/mol. The van der Waals surface area contributed by atoms with Crippen LogP contribution < -0.4 is 10.1 Å². The van der Waals surface area contributed by atoms with Crippen molar-refractivity contribution in [1.29, 1.82) is 0 Å². The number of ether oxygens (including phenoxy) is 1. The molecule has 1 aliphatic heterocycles. The van der Waals surface area contributed by atoms with Gasteiger partial charge in [0.25, 0.3) is 0 Å². The van der Waals surface area contributed by atoms with E-state index in [0.29, 0.717) is 30.3 Å². The average molecular weight is 459 g/mol. The van der Waals surface area contributed by atoms with Crippen molar-refractivity contribution in [1.82, 2.24) is 10.2 Å². The fourth-order valence-electron chi connectivity index (χ4n) is 4.23. The molecular weight excluding hydrogens is 428 g/mol. The molecular formula is C25H31ClN2O4. The molecule has 0 aromatic heterocycles. The number of piperidine rings is 1. The molecule has 172 valence electrons. The van der Waals surface area contributed by atoms with Crippen molar-refractivity contribution in [2.24, 2.45) is 5.41 Å². The number of carbonyl (C=O) groups is 2. The van der Waals surface area contributed by atoms with E-state index in [9.17, 15) is 14.7 Å². The fourth-order valence-corrected chi connectivity index (χ4v) is 4.35. The number of aliphatic hydroxyl groups is 1. The molecule has 1 heterocycles. The number of benzene rings is 2. The second kappa shape index (κ2) is 9.12. The van der Waals surface area contributed by atoms with Crippen LogP contribution in [-0.2, 0) is 10.4 Å². The van der Waals surface area contributed by atoms with Gasteiger partial charge in [-0.15, -0.1) is 0 Å². The molecule has 2 aromatic rings. The van der Waals surface area contributed by atoms with Crippen LogP contribution in [-0.4, -0.2) is 40.6 Å². The van der Waals surface area contributed by atoms with Gasteiger partial charge in [-0.2, -0.15) is 0 Å². The van der Waals surface area contributed by atoms with Gasteiger partial charge in [-0.3, -0.25) is 4.79 Å². The van der Waals surface area contributed by atoms with Crippen molar-refractivity contribution in [2.45, 2.75) is 51.7 Å². The summed E-state index contributed by atoms with van der Waals surface area (Å²) in [6.45, 7) is 8.32. The Bertz CT molecular complexity index is 960. The van der Waals surface area contributed by atoms with E-state index in [1.54, 1.807) is 55.1 Å². The number of para-hydroxylation sites is 1. The van der Waals surface area contributed by atoms with Crippen LogP contribution in [0, 0.1) is 5.41 Å². The van der Waals surface area contributed by atoms with Crippen LogP contribution in [0.15, 0.2) is 54.6 Å². The van der Waals surface area contributed by atoms with E-state index in [0.717, 1.165) is 5.56 Å². The van der Waals surface area contributed by atoms with Gasteiger partial charge in [0, 0.05) is 35.5 Å². The van der Waals surface area contributed by atoms with Gasteiger partial charge in [0.15, 0.2) is 0 Å². The molecule has 0 bridgehead atoms. The van der Waals surface area contributed by atoms with Gasteiger partial charge >= 0.3 is 6.09 Å². The lowest BCUT2D eigenvalue weighted by atomic mass is 9.66. The number of amides is 2. The third-order valence-electron chi connectivity index (χ3n) is 6.11. The minimum absolute atomic E-state index is 0.0822.